The van der Waals surface area contributed by atoms with E-state index >= 15 is 0 Å². The summed E-state index contributed by atoms with van der Waals surface area (Å²) in [7, 11) is 0. The maximum absolute atomic E-state index is 13.5. The van der Waals surface area contributed by atoms with Gasteiger partial charge in [-0.1, -0.05) is 0 Å². The average Bonchev–Trinajstić information content (AvgIpc) is 2.75. The lowest BCUT2D eigenvalue weighted by Gasteiger charge is -2.10. The lowest BCUT2D eigenvalue weighted by Crippen LogP contribution is -2.18. The van der Waals surface area contributed by atoms with Crippen molar-refractivity contribution in [1.82, 2.24) is 14.8 Å². The van der Waals surface area contributed by atoms with Crippen molar-refractivity contribution in [3.63, 3.8) is 0 Å². The smallest absolute Gasteiger partial charge is 0.206 e. The van der Waals surface area contributed by atoms with Crippen LogP contribution in [0.2, 0.25) is 0 Å². The Morgan fingerprint density at radius 2 is 1.80 bits per heavy atom. The molecule has 0 radical (unpaired) electrons. The lowest BCUT2D eigenvalue weighted by atomic mass is 10.2. The summed E-state index contributed by atoms with van der Waals surface area (Å²) in [5.74, 6) is -0.771. The molecular formula is C22H17F2N3O3. The van der Waals surface area contributed by atoms with Crippen molar-refractivity contribution in [2.75, 3.05) is 6.61 Å². The largest absolute Gasteiger partial charge is 0.492 e. The zero-order valence-electron chi connectivity index (χ0n) is 16.0. The summed E-state index contributed by atoms with van der Waals surface area (Å²) in [6.07, 6.45) is 3.04. The summed E-state index contributed by atoms with van der Waals surface area (Å²) < 4.78 is 39.2. The minimum absolute atomic E-state index is 0.0898. The highest BCUT2D eigenvalue weighted by Crippen LogP contribution is 2.23. The monoisotopic (exact) mass is 409 g/mol. The maximum atomic E-state index is 13.5. The van der Waals surface area contributed by atoms with Gasteiger partial charge in [-0.3, -0.25) is 9.78 Å². The lowest BCUT2D eigenvalue weighted by molar-refractivity contribution is 0.298. The molecule has 0 atom stereocenters. The van der Waals surface area contributed by atoms with Gasteiger partial charge in [-0.15, -0.1) is 0 Å². The second-order valence-corrected chi connectivity index (χ2v) is 6.42. The molecule has 6 nitrogen and oxygen atoms in total. The minimum atomic E-state index is -0.998. The summed E-state index contributed by atoms with van der Waals surface area (Å²) >= 11 is 0. The maximum Gasteiger partial charge on any atom is 0.206 e. The van der Waals surface area contributed by atoms with Gasteiger partial charge in [-0.05, 0) is 43.3 Å². The van der Waals surface area contributed by atoms with E-state index in [2.05, 4.69) is 10.1 Å². The van der Waals surface area contributed by atoms with Crippen LogP contribution in [0, 0.1) is 11.6 Å². The highest BCUT2D eigenvalue weighted by atomic mass is 19.2. The Bertz CT molecular complexity index is 1270. The molecule has 8 heteroatoms. The van der Waals surface area contributed by atoms with Crippen molar-refractivity contribution in [2.45, 2.75) is 13.5 Å². The molecular weight excluding hydrogens is 392 g/mol. The van der Waals surface area contributed by atoms with Crippen molar-refractivity contribution >= 4 is 10.9 Å². The number of halogens is 2. The third kappa shape index (κ3) is 4.12. The van der Waals surface area contributed by atoms with Gasteiger partial charge in [0, 0.05) is 23.7 Å². The first-order valence-corrected chi connectivity index (χ1v) is 9.23. The predicted molar refractivity (Wildman–Crippen MR) is 107 cm³/mol. The fourth-order valence-electron chi connectivity index (χ4n) is 2.90. The number of fused-ring (bicyclic) bond motifs is 1. The van der Waals surface area contributed by atoms with E-state index in [0.717, 1.165) is 23.0 Å². The normalized spacial score (nSPS) is 10.9. The van der Waals surface area contributed by atoms with Gasteiger partial charge < -0.3 is 9.47 Å². The van der Waals surface area contributed by atoms with Gasteiger partial charge in [0.25, 0.3) is 0 Å². The molecule has 0 saturated heterocycles. The fraction of sp³-hybridized carbons (Fsp3) is 0.136. The van der Waals surface area contributed by atoms with Crippen LogP contribution in [-0.2, 0) is 6.61 Å². The number of nitrogens with zero attached hydrogens (tertiary/aromatic N) is 3. The van der Waals surface area contributed by atoms with Gasteiger partial charge in [-0.2, -0.15) is 5.10 Å². The quantitative estimate of drug-likeness (QED) is 0.481. The van der Waals surface area contributed by atoms with Crippen LogP contribution in [0.5, 0.6) is 11.5 Å². The SMILES string of the molecule is CCOc1cnc2ccc(OCc3nn(-c4ccc(F)c(F)c4)ccc3=O)cc2c1. The van der Waals surface area contributed by atoms with E-state index < -0.39 is 11.6 Å². The molecule has 0 N–H and O–H groups in total. The molecule has 0 amide bonds. The predicted octanol–water partition coefficient (Wildman–Crippen LogP) is 4.04. The average molecular weight is 409 g/mol. The number of ether oxygens (including phenoxy) is 2. The van der Waals surface area contributed by atoms with Gasteiger partial charge in [0.05, 0.1) is 24.0 Å². The van der Waals surface area contributed by atoms with Crippen molar-refractivity contribution in [1.29, 1.82) is 0 Å². The van der Waals surface area contributed by atoms with Crippen LogP contribution in [0.3, 0.4) is 0 Å². The molecule has 0 aliphatic carbocycles. The highest BCUT2D eigenvalue weighted by Gasteiger charge is 2.09. The van der Waals surface area contributed by atoms with Crippen LogP contribution >= 0.6 is 0 Å². The molecule has 152 valence electrons. The summed E-state index contributed by atoms with van der Waals surface area (Å²) in [5, 5.41) is 5.02. The van der Waals surface area contributed by atoms with E-state index in [9.17, 15) is 13.6 Å². The van der Waals surface area contributed by atoms with E-state index in [1.165, 1.54) is 23.0 Å². The van der Waals surface area contributed by atoms with Crippen LogP contribution in [0.15, 0.2) is 65.7 Å². The molecule has 4 rings (SSSR count). The molecule has 4 aromatic rings. The number of pyridine rings is 1. The van der Waals surface area contributed by atoms with E-state index in [-0.39, 0.29) is 23.4 Å². The Kier molecular flexibility index (Phi) is 5.38. The number of rotatable bonds is 6. The van der Waals surface area contributed by atoms with Crippen LogP contribution < -0.4 is 14.9 Å². The fourth-order valence-corrected chi connectivity index (χ4v) is 2.90. The van der Waals surface area contributed by atoms with Crippen molar-refractivity contribution < 1.29 is 18.3 Å². The van der Waals surface area contributed by atoms with Crippen molar-refractivity contribution in [2.24, 2.45) is 0 Å². The number of hydrogen-bond donors (Lipinski definition) is 0. The van der Waals surface area contributed by atoms with Crippen LogP contribution in [0.4, 0.5) is 8.78 Å². The van der Waals surface area contributed by atoms with Gasteiger partial charge in [0.1, 0.15) is 23.8 Å². The van der Waals surface area contributed by atoms with Gasteiger partial charge >= 0.3 is 0 Å². The molecule has 0 spiro atoms. The Morgan fingerprint density at radius 1 is 0.967 bits per heavy atom. The molecule has 0 aliphatic heterocycles. The number of benzene rings is 2. The van der Waals surface area contributed by atoms with Crippen LogP contribution in [-0.4, -0.2) is 21.4 Å². The zero-order valence-corrected chi connectivity index (χ0v) is 16.0. The van der Waals surface area contributed by atoms with E-state index in [4.69, 9.17) is 9.47 Å². The van der Waals surface area contributed by atoms with E-state index in [0.29, 0.717) is 18.1 Å². The minimum Gasteiger partial charge on any atom is -0.492 e. The highest BCUT2D eigenvalue weighted by molar-refractivity contribution is 5.81. The standard InChI is InChI=1S/C22H17F2N3O3/c1-2-29-17-10-14-9-16(4-6-20(14)25-12-17)30-13-21-22(28)7-8-27(26-21)15-3-5-18(23)19(24)11-15/h3-12H,2,13H2,1H3. The van der Waals surface area contributed by atoms with Gasteiger partial charge in [-0.25, -0.2) is 13.5 Å². The summed E-state index contributed by atoms with van der Waals surface area (Å²) in [6.45, 7) is 2.34. The molecule has 30 heavy (non-hydrogen) atoms. The molecule has 2 aromatic heterocycles. The second-order valence-electron chi connectivity index (χ2n) is 6.42. The van der Waals surface area contributed by atoms with Crippen molar-refractivity contribution in [3.05, 3.63) is 88.5 Å². The molecule has 2 heterocycles. The third-order valence-electron chi connectivity index (χ3n) is 4.36. The Labute approximate surface area is 170 Å². The first kappa shape index (κ1) is 19.5. The Balaban J connectivity index is 1.57. The number of hydrogen-bond acceptors (Lipinski definition) is 5. The molecule has 0 bridgehead atoms. The third-order valence-corrected chi connectivity index (χ3v) is 4.36. The van der Waals surface area contributed by atoms with Gasteiger partial charge in [0.2, 0.25) is 5.43 Å². The zero-order chi connectivity index (χ0) is 21.1. The Hall–Kier alpha value is -3.81. The molecule has 0 fully saturated rings. The first-order valence-electron chi connectivity index (χ1n) is 9.23. The first-order chi connectivity index (χ1) is 14.5. The molecule has 0 saturated carbocycles. The Morgan fingerprint density at radius 3 is 2.60 bits per heavy atom. The van der Waals surface area contributed by atoms with E-state index in [1.807, 2.05) is 13.0 Å². The van der Waals surface area contributed by atoms with Crippen LogP contribution in [0.25, 0.3) is 16.6 Å². The molecule has 0 unspecified atom stereocenters. The van der Waals surface area contributed by atoms with Gasteiger partial charge in [0.15, 0.2) is 11.6 Å². The van der Waals surface area contributed by atoms with Crippen molar-refractivity contribution in [3.8, 4) is 17.2 Å². The molecule has 0 aliphatic rings. The topological polar surface area (TPSA) is 66.2 Å². The summed E-state index contributed by atoms with van der Waals surface area (Å²) in [4.78, 5) is 16.5. The van der Waals surface area contributed by atoms with Crippen LogP contribution in [0.1, 0.15) is 12.6 Å². The van der Waals surface area contributed by atoms with E-state index in [1.54, 1.807) is 24.4 Å². The number of aromatic nitrogens is 3. The molecule has 2 aromatic carbocycles. The summed E-state index contributed by atoms with van der Waals surface area (Å²) in [5.41, 5.74) is 0.873. The summed E-state index contributed by atoms with van der Waals surface area (Å²) in [6, 6.07) is 11.9. The second kappa shape index (κ2) is 8.28.